The lowest BCUT2D eigenvalue weighted by Crippen LogP contribution is -2.45. The molecule has 0 aliphatic carbocycles. The van der Waals surface area contributed by atoms with Gasteiger partial charge in [0.1, 0.15) is 0 Å². The molecule has 1 amide bonds. The first-order valence-corrected chi connectivity index (χ1v) is 37.3. The number of carbonyl (C=O) groups is 2. The molecule has 2 atom stereocenters. The second-order valence-corrected chi connectivity index (χ2v) is 25.6. The van der Waals surface area contributed by atoms with Crippen molar-refractivity contribution in [2.45, 2.75) is 424 Å². The van der Waals surface area contributed by atoms with E-state index in [0.29, 0.717) is 19.4 Å². The number of carbonyl (C=O) groups excluding carboxylic acids is 2. The van der Waals surface area contributed by atoms with Crippen molar-refractivity contribution in [3.8, 4) is 0 Å². The van der Waals surface area contributed by atoms with Gasteiger partial charge in [-0.1, -0.05) is 371 Å². The van der Waals surface area contributed by atoms with Crippen LogP contribution in [0.3, 0.4) is 0 Å². The van der Waals surface area contributed by atoms with E-state index in [4.69, 9.17) is 4.74 Å². The first kappa shape index (κ1) is 80.1. The third-order valence-corrected chi connectivity index (χ3v) is 17.4. The van der Waals surface area contributed by atoms with Crippen LogP contribution in [-0.4, -0.2) is 47.4 Å². The number of amides is 1. The fourth-order valence-electron chi connectivity index (χ4n) is 11.7. The van der Waals surface area contributed by atoms with Crippen molar-refractivity contribution in [2.75, 3.05) is 13.2 Å². The highest BCUT2D eigenvalue weighted by molar-refractivity contribution is 5.76. The summed E-state index contributed by atoms with van der Waals surface area (Å²) in [6.45, 7) is 4.92. The number of esters is 1. The number of hydrogen-bond acceptors (Lipinski definition) is 5. The lowest BCUT2D eigenvalue weighted by molar-refractivity contribution is -0.143. The van der Waals surface area contributed by atoms with Crippen molar-refractivity contribution in [1.82, 2.24) is 5.32 Å². The molecule has 2 unspecified atom stereocenters. The number of rotatable bonds is 70. The molecule has 0 saturated carbocycles. The maximum Gasteiger partial charge on any atom is 0.305 e. The fraction of sp³-hybridized carbons (Fsp3) is 0.895. The van der Waals surface area contributed by atoms with Gasteiger partial charge in [0.15, 0.2) is 0 Å². The van der Waals surface area contributed by atoms with Crippen LogP contribution in [-0.2, 0) is 14.3 Å². The largest absolute Gasteiger partial charge is 0.466 e. The Kier molecular flexibility index (Phi) is 69.9. The molecule has 0 radical (unpaired) electrons. The van der Waals surface area contributed by atoms with Gasteiger partial charge in [0, 0.05) is 12.8 Å². The molecule has 82 heavy (non-hydrogen) atoms. The Morgan fingerprint density at radius 2 is 0.610 bits per heavy atom. The van der Waals surface area contributed by atoms with Gasteiger partial charge >= 0.3 is 5.97 Å². The average molecular weight is 1150 g/mol. The zero-order chi connectivity index (χ0) is 59.2. The van der Waals surface area contributed by atoms with Crippen LogP contribution < -0.4 is 5.32 Å². The van der Waals surface area contributed by atoms with Crippen LogP contribution in [0.5, 0.6) is 0 Å². The van der Waals surface area contributed by atoms with Crippen LogP contribution in [0.1, 0.15) is 412 Å². The van der Waals surface area contributed by atoms with E-state index < -0.39 is 12.1 Å². The van der Waals surface area contributed by atoms with Gasteiger partial charge in [-0.05, 0) is 64.2 Å². The summed E-state index contributed by atoms with van der Waals surface area (Å²) in [7, 11) is 0. The van der Waals surface area contributed by atoms with Gasteiger partial charge in [0.25, 0.3) is 0 Å². The molecule has 0 bridgehead atoms. The van der Waals surface area contributed by atoms with Gasteiger partial charge in [-0.3, -0.25) is 9.59 Å². The predicted molar refractivity (Wildman–Crippen MR) is 361 cm³/mol. The van der Waals surface area contributed by atoms with E-state index in [1.807, 2.05) is 6.08 Å². The highest BCUT2D eigenvalue weighted by Crippen LogP contribution is 2.19. The molecule has 0 aromatic carbocycles. The summed E-state index contributed by atoms with van der Waals surface area (Å²) in [6, 6.07) is -0.626. The van der Waals surface area contributed by atoms with Crippen molar-refractivity contribution in [3.63, 3.8) is 0 Å². The monoisotopic (exact) mass is 1150 g/mol. The van der Waals surface area contributed by atoms with Crippen LogP contribution in [0.15, 0.2) is 36.5 Å². The Morgan fingerprint density at radius 3 is 0.951 bits per heavy atom. The molecule has 3 N–H and O–H groups in total. The maximum absolute atomic E-state index is 12.5. The molecule has 6 nitrogen and oxygen atoms in total. The number of hydrogen-bond donors (Lipinski definition) is 3. The third-order valence-electron chi connectivity index (χ3n) is 17.4. The first-order chi connectivity index (χ1) is 40.5. The lowest BCUT2D eigenvalue weighted by atomic mass is 10.0. The summed E-state index contributed by atoms with van der Waals surface area (Å²) >= 11 is 0. The minimum absolute atomic E-state index is 0.0160. The van der Waals surface area contributed by atoms with Gasteiger partial charge < -0.3 is 20.3 Å². The minimum atomic E-state index is -0.842. The van der Waals surface area contributed by atoms with E-state index >= 15 is 0 Å². The molecule has 0 spiro atoms. The Labute approximate surface area is 513 Å². The lowest BCUT2D eigenvalue weighted by Gasteiger charge is -2.20. The Hall–Kier alpha value is -1.92. The van der Waals surface area contributed by atoms with Crippen molar-refractivity contribution < 1.29 is 24.5 Å². The van der Waals surface area contributed by atoms with E-state index in [1.165, 1.54) is 334 Å². The maximum atomic E-state index is 12.5. The summed E-state index contributed by atoms with van der Waals surface area (Å²) in [5.41, 5.74) is 0. The quantitative estimate of drug-likeness (QED) is 0.0320. The zero-order valence-electron chi connectivity index (χ0n) is 55.5. The topological polar surface area (TPSA) is 95.9 Å². The van der Waals surface area contributed by atoms with Gasteiger partial charge in [0.05, 0.1) is 25.4 Å². The summed E-state index contributed by atoms with van der Waals surface area (Å²) in [5.74, 6) is -0.0454. The number of ether oxygens (including phenoxy) is 1. The van der Waals surface area contributed by atoms with Crippen LogP contribution >= 0.6 is 0 Å². The molecule has 0 aromatic rings. The normalized spacial score (nSPS) is 12.7. The number of nitrogens with one attached hydrogen (secondary N) is 1. The predicted octanol–water partition coefficient (Wildman–Crippen LogP) is 24.3. The Morgan fingerprint density at radius 1 is 0.341 bits per heavy atom. The average Bonchev–Trinajstić information content (AvgIpc) is 3.48. The van der Waals surface area contributed by atoms with Crippen LogP contribution in [0.4, 0.5) is 0 Å². The Balaban J connectivity index is 3.34. The van der Waals surface area contributed by atoms with E-state index in [0.717, 1.165) is 51.4 Å². The van der Waals surface area contributed by atoms with E-state index in [1.54, 1.807) is 6.08 Å². The minimum Gasteiger partial charge on any atom is -0.466 e. The summed E-state index contributed by atoms with van der Waals surface area (Å²) in [5, 5.41) is 23.2. The van der Waals surface area contributed by atoms with Crippen LogP contribution in [0.25, 0.3) is 0 Å². The first-order valence-electron chi connectivity index (χ1n) is 37.3. The fourth-order valence-corrected chi connectivity index (χ4v) is 11.7. The molecule has 6 heteroatoms. The van der Waals surface area contributed by atoms with Gasteiger partial charge in [-0.25, -0.2) is 0 Å². The number of unbranched alkanes of at least 4 members (excludes halogenated alkanes) is 55. The molecular formula is C76H145NO5. The molecule has 0 fully saturated rings. The summed E-state index contributed by atoms with van der Waals surface area (Å²) < 4.78 is 5.51. The van der Waals surface area contributed by atoms with E-state index in [-0.39, 0.29) is 18.5 Å². The molecular weight excluding hydrogens is 1010 g/mol. The number of aliphatic hydroxyl groups is 2. The smallest absolute Gasteiger partial charge is 0.305 e. The second kappa shape index (κ2) is 71.6. The van der Waals surface area contributed by atoms with Crippen molar-refractivity contribution in [1.29, 1.82) is 0 Å². The zero-order valence-corrected chi connectivity index (χ0v) is 55.5. The molecule has 484 valence electrons. The molecule has 0 aliphatic heterocycles. The molecule has 0 aromatic heterocycles. The SMILES string of the molecule is CCCCC/C=C\C/C=C\CCCCCCCCCCCC(=O)OCCCCCCCCCCCCCCCCCCCCCCCCCCCCCCCC(=O)NC(CO)C(O)/C=C/CCCCCCCCCCCCCCCCC. The van der Waals surface area contributed by atoms with E-state index in [9.17, 15) is 19.8 Å². The molecule has 0 aliphatic rings. The van der Waals surface area contributed by atoms with Crippen molar-refractivity contribution in [3.05, 3.63) is 36.5 Å². The van der Waals surface area contributed by atoms with Gasteiger partial charge in [-0.15, -0.1) is 0 Å². The van der Waals surface area contributed by atoms with Crippen molar-refractivity contribution in [2.24, 2.45) is 0 Å². The Bertz CT molecular complexity index is 1330. The highest BCUT2D eigenvalue weighted by Gasteiger charge is 2.18. The molecule has 0 saturated heterocycles. The number of allylic oxidation sites excluding steroid dienone is 5. The van der Waals surface area contributed by atoms with Crippen LogP contribution in [0.2, 0.25) is 0 Å². The second-order valence-electron chi connectivity index (χ2n) is 25.6. The van der Waals surface area contributed by atoms with Crippen molar-refractivity contribution >= 4 is 11.9 Å². The van der Waals surface area contributed by atoms with Gasteiger partial charge in [0.2, 0.25) is 5.91 Å². The van der Waals surface area contributed by atoms with Gasteiger partial charge in [-0.2, -0.15) is 0 Å². The summed E-state index contributed by atoms with van der Waals surface area (Å²) in [6.07, 6.45) is 92.4. The molecule has 0 heterocycles. The summed E-state index contributed by atoms with van der Waals surface area (Å²) in [4.78, 5) is 24.6. The standard InChI is InChI=1S/C76H145NO5/c1-3-5-7-9-11-13-15-17-19-21-33-38-42-46-50-54-58-62-66-70-76(81)82-71-67-63-59-55-51-47-43-39-35-32-30-28-26-24-22-23-25-27-29-31-34-37-41-45-49-53-57-61-65-69-75(80)77-73(72-78)74(79)68-64-60-56-52-48-44-40-36-20-18-16-14-12-10-8-6-4-2/h11,13,17,19,64,68,73-74,78-79H,3-10,12,14-16,18,20-63,65-67,69-72H2,1-2H3,(H,77,80)/b13-11-,19-17-,68-64+. The number of aliphatic hydroxyl groups excluding tert-OH is 2. The third kappa shape index (κ3) is 67.2. The van der Waals surface area contributed by atoms with E-state index in [2.05, 4.69) is 43.5 Å². The highest BCUT2D eigenvalue weighted by atomic mass is 16.5. The molecule has 0 rings (SSSR count). The van der Waals surface area contributed by atoms with Crippen LogP contribution in [0, 0.1) is 0 Å².